The minimum atomic E-state index is 0. The van der Waals surface area contributed by atoms with Crippen molar-refractivity contribution in [3.63, 3.8) is 0 Å². The second-order valence-corrected chi connectivity index (χ2v) is 6.42. The summed E-state index contributed by atoms with van der Waals surface area (Å²) in [4.78, 5) is 25.5. The molecular weight excluding hydrogens is 377 g/mol. The van der Waals surface area contributed by atoms with E-state index >= 15 is 0 Å². The fourth-order valence-corrected chi connectivity index (χ4v) is 2.66. The average Bonchev–Trinajstić information content (AvgIpc) is 2.58. The number of amides is 1. The summed E-state index contributed by atoms with van der Waals surface area (Å²) in [5.41, 5.74) is 0.990. The lowest BCUT2D eigenvalue weighted by Gasteiger charge is -2.35. The summed E-state index contributed by atoms with van der Waals surface area (Å²) < 4.78 is 4.96. The van der Waals surface area contributed by atoms with Gasteiger partial charge in [0.2, 0.25) is 5.91 Å². The molecule has 2 rings (SSSR count). The van der Waals surface area contributed by atoms with Crippen molar-refractivity contribution in [1.29, 1.82) is 0 Å². The number of hydrogen-bond acceptors (Lipinski definition) is 6. The van der Waals surface area contributed by atoms with Crippen molar-refractivity contribution >= 4 is 36.5 Å². The van der Waals surface area contributed by atoms with E-state index in [1.54, 1.807) is 7.11 Å². The van der Waals surface area contributed by atoms with Crippen LogP contribution in [0.25, 0.3) is 0 Å². The molecule has 0 atom stereocenters. The number of rotatable bonds is 7. The number of piperazine rings is 1. The summed E-state index contributed by atoms with van der Waals surface area (Å²) in [6, 6.07) is 2.02. The minimum Gasteiger partial charge on any atom is -0.383 e. The van der Waals surface area contributed by atoms with Crippen LogP contribution in [-0.2, 0) is 9.53 Å². The maximum absolute atomic E-state index is 12.2. The number of halogens is 2. The number of carbonyl (C=O) groups is 1. The summed E-state index contributed by atoms with van der Waals surface area (Å²) >= 11 is 0. The number of anilines is 1. The van der Waals surface area contributed by atoms with Crippen molar-refractivity contribution in [2.24, 2.45) is 0 Å². The molecule has 150 valence electrons. The molecule has 1 fully saturated rings. The van der Waals surface area contributed by atoms with E-state index in [2.05, 4.69) is 34.0 Å². The summed E-state index contributed by atoms with van der Waals surface area (Å²) in [5, 5.41) is 3.10. The van der Waals surface area contributed by atoms with Gasteiger partial charge in [0.25, 0.3) is 0 Å². The topological polar surface area (TPSA) is 70.6 Å². The zero-order valence-electron chi connectivity index (χ0n) is 16.0. The van der Waals surface area contributed by atoms with Crippen molar-refractivity contribution in [3.05, 3.63) is 17.6 Å². The Morgan fingerprint density at radius 2 is 1.88 bits per heavy atom. The molecule has 1 amide bonds. The van der Waals surface area contributed by atoms with Crippen LogP contribution in [0, 0.1) is 6.92 Å². The fourth-order valence-electron chi connectivity index (χ4n) is 2.66. The van der Waals surface area contributed by atoms with Crippen molar-refractivity contribution in [3.8, 4) is 0 Å². The van der Waals surface area contributed by atoms with E-state index in [-0.39, 0.29) is 30.7 Å². The molecule has 0 bridgehead atoms. The Labute approximate surface area is 168 Å². The summed E-state index contributed by atoms with van der Waals surface area (Å²) in [6.07, 6.45) is 0. The van der Waals surface area contributed by atoms with Gasteiger partial charge in [-0.05, 0) is 6.92 Å². The van der Waals surface area contributed by atoms with Crippen molar-refractivity contribution in [2.75, 3.05) is 57.9 Å². The molecule has 1 aromatic heterocycles. The molecule has 9 heteroatoms. The molecule has 1 saturated heterocycles. The second-order valence-electron chi connectivity index (χ2n) is 6.42. The molecule has 0 aromatic carbocycles. The van der Waals surface area contributed by atoms with Crippen LogP contribution in [0.5, 0.6) is 0 Å². The first-order chi connectivity index (χ1) is 11.5. The molecule has 0 saturated carbocycles. The average molecular weight is 408 g/mol. The standard InChI is InChI=1S/C17H29N5O2.2ClH/c1-13(2)17-19-14(3)11-15(20-17)21-6-8-22(9-7-21)16(23)12-18-5-10-24-4;;/h11,13,18H,5-10,12H2,1-4H3;2*1H. The van der Waals surface area contributed by atoms with Gasteiger partial charge in [-0.3, -0.25) is 4.79 Å². The first kappa shape index (κ1) is 24.8. The van der Waals surface area contributed by atoms with Crippen LogP contribution in [0.4, 0.5) is 5.82 Å². The molecule has 26 heavy (non-hydrogen) atoms. The first-order valence-corrected chi connectivity index (χ1v) is 8.59. The van der Waals surface area contributed by atoms with E-state index in [1.165, 1.54) is 0 Å². The number of aromatic nitrogens is 2. The van der Waals surface area contributed by atoms with E-state index < -0.39 is 0 Å². The first-order valence-electron chi connectivity index (χ1n) is 8.59. The second kappa shape index (κ2) is 12.3. The molecule has 1 N–H and O–H groups in total. The number of carbonyl (C=O) groups excluding carboxylic acids is 1. The lowest BCUT2D eigenvalue weighted by Crippen LogP contribution is -2.51. The Morgan fingerprint density at radius 1 is 1.23 bits per heavy atom. The lowest BCUT2D eigenvalue weighted by molar-refractivity contribution is -0.130. The number of nitrogens with zero attached hydrogens (tertiary/aromatic N) is 4. The van der Waals surface area contributed by atoms with Gasteiger partial charge in [0.05, 0.1) is 13.2 Å². The van der Waals surface area contributed by atoms with Gasteiger partial charge in [-0.2, -0.15) is 0 Å². The largest absolute Gasteiger partial charge is 0.383 e. The molecule has 0 radical (unpaired) electrons. The highest BCUT2D eigenvalue weighted by Gasteiger charge is 2.22. The zero-order chi connectivity index (χ0) is 17.5. The molecule has 7 nitrogen and oxygen atoms in total. The van der Waals surface area contributed by atoms with Crippen molar-refractivity contribution in [1.82, 2.24) is 20.2 Å². The van der Waals surface area contributed by atoms with E-state index in [0.29, 0.717) is 25.6 Å². The smallest absolute Gasteiger partial charge is 0.236 e. The molecular formula is C17H31Cl2N5O2. The molecule has 2 heterocycles. The highest BCUT2D eigenvalue weighted by Crippen LogP contribution is 2.18. The molecule has 0 spiro atoms. The number of aryl methyl sites for hydroxylation is 1. The maximum Gasteiger partial charge on any atom is 0.236 e. The van der Waals surface area contributed by atoms with Gasteiger partial charge < -0.3 is 19.9 Å². The highest BCUT2D eigenvalue weighted by molar-refractivity contribution is 5.85. The molecule has 1 aliphatic heterocycles. The Hall–Kier alpha value is -1.15. The van der Waals surface area contributed by atoms with E-state index in [9.17, 15) is 4.79 Å². The lowest BCUT2D eigenvalue weighted by atomic mass is 10.2. The molecule has 1 aliphatic rings. The SMILES string of the molecule is COCCNCC(=O)N1CCN(c2cc(C)nc(C(C)C)n2)CC1.Cl.Cl. The van der Waals surface area contributed by atoms with Crippen molar-refractivity contribution in [2.45, 2.75) is 26.7 Å². The van der Waals surface area contributed by atoms with Crippen LogP contribution < -0.4 is 10.2 Å². The predicted molar refractivity (Wildman–Crippen MR) is 109 cm³/mol. The Balaban J connectivity index is 0.00000312. The number of methoxy groups -OCH3 is 1. The van der Waals surface area contributed by atoms with Gasteiger partial charge in [0.15, 0.2) is 0 Å². The predicted octanol–water partition coefficient (Wildman–Crippen LogP) is 1.64. The maximum atomic E-state index is 12.2. The van der Waals surface area contributed by atoms with Crippen molar-refractivity contribution < 1.29 is 9.53 Å². The van der Waals surface area contributed by atoms with Crippen LogP contribution >= 0.6 is 24.8 Å². The third kappa shape index (κ3) is 7.23. The summed E-state index contributed by atoms with van der Waals surface area (Å²) in [6.45, 7) is 10.9. The normalized spacial score (nSPS) is 14.0. The van der Waals surface area contributed by atoms with E-state index in [1.807, 2.05) is 17.9 Å². The molecule has 0 unspecified atom stereocenters. The third-order valence-corrected chi connectivity index (χ3v) is 4.09. The third-order valence-electron chi connectivity index (χ3n) is 4.09. The monoisotopic (exact) mass is 407 g/mol. The van der Waals surface area contributed by atoms with Crippen LogP contribution in [0.1, 0.15) is 31.3 Å². The van der Waals surface area contributed by atoms with Crippen LogP contribution in [-0.4, -0.2) is 73.8 Å². The van der Waals surface area contributed by atoms with E-state index in [0.717, 1.165) is 43.5 Å². The van der Waals surface area contributed by atoms with Gasteiger partial charge in [-0.15, -0.1) is 24.8 Å². The Morgan fingerprint density at radius 3 is 2.46 bits per heavy atom. The van der Waals surface area contributed by atoms with Gasteiger partial charge in [-0.25, -0.2) is 9.97 Å². The van der Waals surface area contributed by atoms with Gasteiger partial charge in [0, 0.05) is 57.5 Å². The number of nitrogens with one attached hydrogen (secondary N) is 1. The number of hydrogen-bond donors (Lipinski definition) is 1. The van der Waals surface area contributed by atoms with Crippen LogP contribution in [0.3, 0.4) is 0 Å². The fraction of sp³-hybridized carbons (Fsp3) is 0.706. The summed E-state index contributed by atoms with van der Waals surface area (Å²) in [5.74, 6) is 2.31. The quantitative estimate of drug-likeness (QED) is 0.692. The number of ether oxygens (including phenoxy) is 1. The van der Waals surface area contributed by atoms with Crippen LogP contribution in [0.15, 0.2) is 6.07 Å². The van der Waals surface area contributed by atoms with Crippen LogP contribution in [0.2, 0.25) is 0 Å². The van der Waals surface area contributed by atoms with Gasteiger partial charge in [-0.1, -0.05) is 13.8 Å². The summed E-state index contributed by atoms with van der Waals surface area (Å²) in [7, 11) is 1.66. The van der Waals surface area contributed by atoms with E-state index in [4.69, 9.17) is 4.74 Å². The minimum absolute atomic E-state index is 0. The highest BCUT2D eigenvalue weighted by atomic mass is 35.5. The molecule has 0 aliphatic carbocycles. The van der Waals surface area contributed by atoms with Gasteiger partial charge >= 0.3 is 0 Å². The molecule has 1 aromatic rings. The Bertz CT molecular complexity index is 552. The zero-order valence-corrected chi connectivity index (χ0v) is 17.7. The van der Waals surface area contributed by atoms with Gasteiger partial charge in [0.1, 0.15) is 11.6 Å². The Kier molecular flexibility index (Phi) is 11.7.